The van der Waals surface area contributed by atoms with Crippen molar-refractivity contribution in [2.24, 2.45) is 0 Å². The van der Waals surface area contributed by atoms with Crippen molar-refractivity contribution in [3.63, 3.8) is 0 Å². The number of carbonyl (C=O) groups is 1. The van der Waals surface area contributed by atoms with Crippen LogP contribution in [0, 0.1) is 0 Å². The Morgan fingerprint density at radius 2 is 1.89 bits per heavy atom. The lowest BCUT2D eigenvalue weighted by Crippen LogP contribution is -2.44. The summed E-state index contributed by atoms with van der Waals surface area (Å²) in [6.07, 6.45) is -0.704. The van der Waals surface area contributed by atoms with Crippen LogP contribution in [0.3, 0.4) is 0 Å². The fourth-order valence-corrected chi connectivity index (χ4v) is 3.55. The third-order valence-electron chi connectivity index (χ3n) is 2.72. The molecule has 0 atom stereocenters. The van der Waals surface area contributed by atoms with Gasteiger partial charge in [0.05, 0.1) is 5.75 Å². The fourth-order valence-electron chi connectivity index (χ4n) is 1.93. The van der Waals surface area contributed by atoms with Gasteiger partial charge in [0.2, 0.25) is 10.0 Å². The van der Waals surface area contributed by atoms with E-state index in [1.54, 1.807) is 30.3 Å². The molecule has 0 radical (unpaired) electrons. The Morgan fingerprint density at radius 3 is 2.50 bits per heavy atom. The van der Waals surface area contributed by atoms with Crippen LogP contribution >= 0.6 is 0 Å². The maximum absolute atomic E-state index is 12.1. The number of hydrazine groups is 1. The van der Waals surface area contributed by atoms with Crippen LogP contribution in [0.4, 0.5) is 4.79 Å². The number of amides is 1. The normalized spacial score (nSPS) is 17.0. The van der Waals surface area contributed by atoms with Crippen LogP contribution in [0.5, 0.6) is 0 Å². The minimum absolute atomic E-state index is 0.183. The molecule has 18 heavy (non-hydrogen) atoms. The van der Waals surface area contributed by atoms with Gasteiger partial charge in [0.15, 0.2) is 0 Å². The molecule has 1 fully saturated rings. The molecule has 1 saturated heterocycles. The van der Waals surface area contributed by atoms with Gasteiger partial charge in [-0.2, -0.15) is 0 Å². The van der Waals surface area contributed by atoms with Crippen LogP contribution in [0.15, 0.2) is 30.3 Å². The minimum Gasteiger partial charge on any atom is -0.464 e. The lowest BCUT2D eigenvalue weighted by molar-refractivity contribution is 0.0901. The molecule has 98 valence electrons. The SMILES string of the molecule is O=C(O)N1CCCN1S(=O)(=O)Cc1ccccc1. The molecular weight excluding hydrogens is 256 g/mol. The molecule has 0 spiro atoms. The van der Waals surface area contributed by atoms with Crippen LogP contribution < -0.4 is 0 Å². The van der Waals surface area contributed by atoms with Crippen molar-refractivity contribution in [3.8, 4) is 0 Å². The van der Waals surface area contributed by atoms with Crippen LogP contribution in [0.2, 0.25) is 0 Å². The standard InChI is InChI=1S/C11H14N2O4S/c14-11(15)12-7-4-8-13(12)18(16,17)9-10-5-2-1-3-6-10/h1-3,5-6H,4,7-9H2,(H,14,15). The smallest absolute Gasteiger partial charge is 0.422 e. The van der Waals surface area contributed by atoms with E-state index in [9.17, 15) is 13.2 Å². The van der Waals surface area contributed by atoms with Gasteiger partial charge in [-0.15, -0.1) is 4.41 Å². The van der Waals surface area contributed by atoms with E-state index in [2.05, 4.69) is 0 Å². The summed E-state index contributed by atoms with van der Waals surface area (Å²) < 4.78 is 25.2. The summed E-state index contributed by atoms with van der Waals surface area (Å²) in [5, 5.41) is 9.79. The molecule has 0 bridgehead atoms. The maximum Gasteiger partial charge on any atom is 0.422 e. The number of hydrogen-bond acceptors (Lipinski definition) is 3. The van der Waals surface area contributed by atoms with Crippen molar-refractivity contribution in [1.82, 2.24) is 9.42 Å². The van der Waals surface area contributed by atoms with Crippen molar-refractivity contribution in [2.75, 3.05) is 13.1 Å². The summed E-state index contributed by atoms with van der Waals surface area (Å²) in [7, 11) is -3.63. The molecule has 1 aliphatic heterocycles. The van der Waals surface area contributed by atoms with Gasteiger partial charge in [-0.3, -0.25) is 0 Å². The molecule has 0 aromatic heterocycles. The minimum atomic E-state index is -3.63. The Balaban J connectivity index is 2.19. The summed E-state index contributed by atoms with van der Waals surface area (Å²) >= 11 is 0. The highest BCUT2D eigenvalue weighted by Crippen LogP contribution is 2.19. The predicted molar refractivity (Wildman–Crippen MR) is 65.1 cm³/mol. The zero-order valence-electron chi connectivity index (χ0n) is 9.69. The second kappa shape index (κ2) is 4.95. The Kier molecular flexibility index (Phi) is 3.53. The van der Waals surface area contributed by atoms with Crippen LogP contribution in [0.1, 0.15) is 12.0 Å². The molecular formula is C11H14N2O4S. The Hall–Kier alpha value is -1.60. The zero-order chi connectivity index (χ0) is 13.2. The monoisotopic (exact) mass is 270 g/mol. The average molecular weight is 270 g/mol. The van der Waals surface area contributed by atoms with Crippen LogP contribution in [-0.2, 0) is 15.8 Å². The molecule has 1 heterocycles. The molecule has 0 unspecified atom stereocenters. The van der Waals surface area contributed by atoms with Gasteiger partial charge >= 0.3 is 6.09 Å². The topological polar surface area (TPSA) is 77.9 Å². The van der Waals surface area contributed by atoms with Gasteiger partial charge in [0.25, 0.3) is 0 Å². The highest BCUT2D eigenvalue weighted by molar-refractivity contribution is 7.88. The van der Waals surface area contributed by atoms with E-state index < -0.39 is 16.1 Å². The van der Waals surface area contributed by atoms with E-state index in [-0.39, 0.29) is 18.8 Å². The van der Waals surface area contributed by atoms with Crippen molar-refractivity contribution in [1.29, 1.82) is 0 Å². The van der Waals surface area contributed by atoms with Gasteiger partial charge in [-0.05, 0) is 12.0 Å². The molecule has 6 nitrogen and oxygen atoms in total. The van der Waals surface area contributed by atoms with Gasteiger partial charge in [-0.25, -0.2) is 18.2 Å². The molecule has 0 aliphatic carbocycles. The Labute approximate surface area is 105 Å². The number of hydrogen-bond donors (Lipinski definition) is 1. The molecule has 2 rings (SSSR count). The van der Waals surface area contributed by atoms with Crippen LogP contribution in [-0.4, -0.2) is 42.1 Å². The summed E-state index contributed by atoms with van der Waals surface area (Å²) in [5.74, 6) is -0.183. The summed E-state index contributed by atoms with van der Waals surface area (Å²) in [4.78, 5) is 10.9. The van der Waals surface area contributed by atoms with E-state index in [1.165, 1.54) is 0 Å². The quantitative estimate of drug-likeness (QED) is 0.892. The Bertz CT molecular complexity index is 529. The van der Waals surface area contributed by atoms with Crippen molar-refractivity contribution in [3.05, 3.63) is 35.9 Å². The third-order valence-corrected chi connectivity index (χ3v) is 4.44. The van der Waals surface area contributed by atoms with E-state index in [0.717, 1.165) is 9.42 Å². The molecule has 0 saturated carbocycles. The summed E-state index contributed by atoms with van der Waals surface area (Å²) in [6, 6.07) is 8.72. The third kappa shape index (κ3) is 2.62. The molecule has 1 aromatic rings. The highest BCUT2D eigenvalue weighted by Gasteiger charge is 2.35. The molecule has 1 amide bonds. The molecule has 1 aromatic carbocycles. The van der Waals surface area contributed by atoms with Crippen molar-refractivity contribution >= 4 is 16.1 Å². The fraction of sp³-hybridized carbons (Fsp3) is 0.364. The first kappa shape index (κ1) is 12.8. The van der Waals surface area contributed by atoms with E-state index >= 15 is 0 Å². The van der Waals surface area contributed by atoms with Crippen LogP contribution in [0.25, 0.3) is 0 Å². The lowest BCUT2D eigenvalue weighted by atomic mass is 10.2. The first-order valence-electron chi connectivity index (χ1n) is 5.55. The second-order valence-electron chi connectivity index (χ2n) is 4.05. The number of nitrogens with zero attached hydrogens (tertiary/aromatic N) is 2. The number of benzene rings is 1. The number of sulfonamides is 1. The first-order chi connectivity index (χ1) is 8.50. The first-order valence-corrected chi connectivity index (χ1v) is 7.16. The van der Waals surface area contributed by atoms with Crippen molar-refractivity contribution < 1.29 is 18.3 Å². The second-order valence-corrected chi connectivity index (χ2v) is 5.92. The van der Waals surface area contributed by atoms with E-state index in [1.807, 2.05) is 0 Å². The Morgan fingerprint density at radius 1 is 1.22 bits per heavy atom. The average Bonchev–Trinajstić information content (AvgIpc) is 2.79. The van der Waals surface area contributed by atoms with Gasteiger partial charge in [0.1, 0.15) is 0 Å². The molecule has 1 N–H and O–H groups in total. The molecule has 7 heteroatoms. The maximum atomic E-state index is 12.1. The zero-order valence-corrected chi connectivity index (χ0v) is 10.5. The van der Waals surface area contributed by atoms with E-state index in [4.69, 9.17) is 5.11 Å². The van der Waals surface area contributed by atoms with E-state index in [0.29, 0.717) is 12.0 Å². The number of carboxylic acid groups (broad SMARTS) is 1. The molecule has 1 aliphatic rings. The number of rotatable bonds is 3. The van der Waals surface area contributed by atoms with Gasteiger partial charge in [-0.1, -0.05) is 30.3 Å². The predicted octanol–water partition coefficient (Wildman–Crippen LogP) is 1.12. The summed E-state index contributed by atoms with van der Waals surface area (Å²) in [5.41, 5.74) is 0.648. The van der Waals surface area contributed by atoms with Gasteiger partial charge < -0.3 is 5.11 Å². The highest BCUT2D eigenvalue weighted by atomic mass is 32.2. The summed E-state index contributed by atoms with van der Waals surface area (Å²) in [6.45, 7) is 0.449. The van der Waals surface area contributed by atoms with Gasteiger partial charge in [0, 0.05) is 13.1 Å². The lowest BCUT2D eigenvalue weighted by Gasteiger charge is -2.24. The van der Waals surface area contributed by atoms with Crippen molar-refractivity contribution in [2.45, 2.75) is 12.2 Å². The largest absolute Gasteiger partial charge is 0.464 e.